The van der Waals surface area contributed by atoms with Crippen LogP contribution in [0.25, 0.3) is 5.57 Å². The zero-order valence-corrected chi connectivity index (χ0v) is 18.8. The smallest absolute Gasteiger partial charge is 0.486 e. The Morgan fingerprint density at radius 1 is 1.00 bits per heavy atom. The Hall–Kier alpha value is -1.64. The first kappa shape index (κ1) is 18.7. The molecule has 0 aliphatic carbocycles. The maximum atomic E-state index is 6.12. The minimum Gasteiger partial charge on any atom is -0.486 e. The lowest BCUT2D eigenvalue weighted by Gasteiger charge is -2.41. The zero-order valence-electron chi connectivity index (χ0n) is 16.6. The van der Waals surface area contributed by atoms with E-state index in [1.165, 1.54) is 37.2 Å². The molecule has 27 heavy (non-hydrogen) atoms. The van der Waals surface area contributed by atoms with E-state index in [0.29, 0.717) is 0 Å². The first-order chi connectivity index (χ1) is 12.9. The van der Waals surface area contributed by atoms with Crippen molar-refractivity contribution in [3.63, 3.8) is 0 Å². The van der Waals surface area contributed by atoms with E-state index >= 15 is 0 Å². The molecule has 140 valence electrons. The molecule has 0 fully saturated rings. The highest BCUT2D eigenvalue weighted by atomic mass is 127. The number of halogens is 1. The predicted octanol–water partition coefficient (Wildman–Crippen LogP) is 4.49. The lowest BCUT2D eigenvalue weighted by atomic mass is 9.78. The van der Waals surface area contributed by atoms with E-state index < -0.39 is 6.82 Å². The maximum absolute atomic E-state index is 6.12. The lowest BCUT2D eigenvalue weighted by molar-refractivity contribution is -0.382. The number of benzene rings is 1. The fraction of sp³-hybridized carbons (Fsp3) is 0.286. The van der Waals surface area contributed by atoms with Crippen LogP contribution in [0.5, 0.6) is 0 Å². The van der Waals surface area contributed by atoms with Gasteiger partial charge in [-0.3, -0.25) is 0 Å². The quantitative estimate of drug-likeness (QED) is 0.485. The Morgan fingerprint density at radius 2 is 1.63 bits per heavy atom. The largest absolute Gasteiger partial charge is 0.665 e. The van der Waals surface area contributed by atoms with Gasteiger partial charge in [0.05, 0.1) is 5.57 Å². The Labute approximate surface area is 174 Å². The second-order valence-electron chi connectivity index (χ2n) is 7.36. The Morgan fingerprint density at radius 3 is 2.22 bits per heavy atom. The molecule has 2 aromatic rings. The molecule has 0 saturated heterocycles. The average molecular weight is 474 g/mol. The van der Waals surface area contributed by atoms with Crippen molar-refractivity contribution in [1.82, 2.24) is 4.48 Å². The van der Waals surface area contributed by atoms with Crippen LogP contribution < -0.4 is 0 Å². The Bertz CT molecular complexity index is 1040. The van der Waals surface area contributed by atoms with E-state index in [1.807, 2.05) is 0 Å². The second-order valence-corrected chi connectivity index (χ2v) is 8.61. The van der Waals surface area contributed by atoms with Crippen LogP contribution in [-0.4, -0.2) is 35.7 Å². The number of hydrogen-bond donors (Lipinski definition) is 0. The van der Waals surface area contributed by atoms with E-state index in [2.05, 4.69) is 95.7 Å². The van der Waals surface area contributed by atoms with Gasteiger partial charge >= 0.3 is 6.82 Å². The molecule has 0 radical (unpaired) electrons. The molecule has 0 amide bonds. The van der Waals surface area contributed by atoms with Crippen LogP contribution >= 0.6 is 22.6 Å². The molecule has 0 unspecified atom stereocenters. The highest BCUT2D eigenvalue weighted by Crippen LogP contribution is 2.43. The molecule has 2 aliphatic rings. The molecule has 0 spiro atoms. The van der Waals surface area contributed by atoms with E-state index in [4.69, 9.17) is 9.31 Å². The summed E-state index contributed by atoms with van der Waals surface area (Å²) in [6.45, 7) is 6.70. The van der Waals surface area contributed by atoms with Crippen molar-refractivity contribution in [3.05, 3.63) is 73.8 Å². The van der Waals surface area contributed by atoms with E-state index in [-0.39, 0.29) is 0 Å². The van der Waals surface area contributed by atoms with Crippen molar-refractivity contribution in [1.29, 1.82) is 0 Å². The maximum Gasteiger partial charge on any atom is 0.665 e. The van der Waals surface area contributed by atoms with Crippen LogP contribution in [0.4, 0.5) is 0 Å². The summed E-state index contributed by atoms with van der Waals surface area (Å²) in [6.07, 6.45) is 2.22. The topological polar surface area (TPSA) is 26.4 Å². The highest BCUT2D eigenvalue weighted by Gasteiger charge is 2.55. The van der Waals surface area contributed by atoms with Crippen molar-refractivity contribution in [2.45, 2.75) is 27.7 Å². The van der Waals surface area contributed by atoms with Gasteiger partial charge in [-0.15, -0.1) is 0 Å². The number of hydrogen-bond acceptors (Lipinski definition) is 2. The Balaban J connectivity index is 2.18. The van der Waals surface area contributed by atoms with E-state index in [1.54, 1.807) is 14.2 Å². The van der Waals surface area contributed by atoms with Gasteiger partial charge in [0, 0.05) is 27.8 Å². The number of nitrogens with zero attached hydrogens (tertiary/aromatic N) is 2. The summed E-state index contributed by atoms with van der Waals surface area (Å²) in [6, 6.07) is 10.9. The molecule has 6 heteroatoms. The number of aromatic nitrogens is 1. The summed E-state index contributed by atoms with van der Waals surface area (Å²) >= 11 is 2.35. The van der Waals surface area contributed by atoms with Gasteiger partial charge in [0.2, 0.25) is 0 Å². The second kappa shape index (κ2) is 6.46. The van der Waals surface area contributed by atoms with Gasteiger partial charge in [0.1, 0.15) is 5.71 Å². The van der Waals surface area contributed by atoms with Crippen molar-refractivity contribution in [2.24, 2.45) is 0 Å². The average Bonchev–Trinajstić information content (AvgIpc) is 3.11. The number of aryl methyl sites for hydroxylation is 2. The first-order valence-corrected chi connectivity index (χ1v) is 10.2. The third-order valence-electron chi connectivity index (χ3n) is 5.71. The molecule has 3 heterocycles. The minimum atomic E-state index is -1.87. The third kappa shape index (κ3) is 2.46. The van der Waals surface area contributed by atoms with Crippen LogP contribution in [0.3, 0.4) is 0 Å². The molecule has 2 aliphatic heterocycles. The molecular weight excluding hydrogens is 450 g/mol. The van der Waals surface area contributed by atoms with Crippen molar-refractivity contribution >= 4 is 40.7 Å². The number of rotatable bonds is 3. The molecule has 0 saturated carbocycles. The molecule has 1 aromatic heterocycles. The molecule has 0 atom stereocenters. The lowest BCUT2D eigenvalue weighted by Crippen LogP contribution is -2.61. The summed E-state index contributed by atoms with van der Waals surface area (Å²) in [5.41, 5.74) is 9.50. The monoisotopic (exact) mass is 474 g/mol. The van der Waals surface area contributed by atoms with Gasteiger partial charge in [-0.2, -0.15) is 0 Å². The van der Waals surface area contributed by atoms with Crippen molar-refractivity contribution < 1.29 is 13.8 Å². The molecule has 1 aromatic carbocycles. The van der Waals surface area contributed by atoms with Crippen LogP contribution in [-0.2, 0) is 9.31 Å². The SMILES string of the molecule is CO[B-]1(OC)n2c(C)cc(C)c2C(c2ccc(I)cc2)=C2C(C)=CC(C)=[N+]21. The molecule has 4 nitrogen and oxygen atoms in total. The van der Waals surface area contributed by atoms with Crippen LogP contribution in [0, 0.1) is 17.4 Å². The normalized spacial score (nSPS) is 18.0. The molecule has 0 N–H and O–H groups in total. The summed E-state index contributed by atoms with van der Waals surface area (Å²) < 4.78 is 18.0. The van der Waals surface area contributed by atoms with Crippen molar-refractivity contribution in [3.8, 4) is 0 Å². The first-order valence-electron chi connectivity index (χ1n) is 9.11. The summed E-state index contributed by atoms with van der Waals surface area (Å²) in [4.78, 5) is 0. The van der Waals surface area contributed by atoms with Crippen LogP contribution in [0.1, 0.15) is 36.4 Å². The zero-order chi connectivity index (χ0) is 19.5. The van der Waals surface area contributed by atoms with Gasteiger partial charge in [0.25, 0.3) is 0 Å². The molecular formula is C21H24BIN2O2. The van der Waals surface area contributed by atoms with Gasteiger partial charge < -0.3 is 18.3 Å². The van der Waals surface area contributed by atoms with Gasteiger partial charge in [-0.05, 0) is 92.6 Å². The van der Waals surface area contributed by atoms with Gasteiger partial charge in [-0.25, -0.2) is 0 Å². The van der Waals surface area contributed by atoms with Crippen LogP contribution in [0.15, 0.2) is 47.7 Å². The van der Waals surface area contributed by atoms with Crippen molar-refractivity contribution in [2.75, 3.05) is 14.2 Å². The summed E-state index contributed by atoms with van der Waals surface area (Å²) in [5, 5.41) is 0. The van der Waals surface area contributed by atoms with Gasteiger partial charge in [-0.1, -0.05) is 12.1 Å². The van der Waals surface area contributed by atoms with Gasteiger partial charge in [0.15, 0.2) is 5.70 Å². The molecule has 0 bridgehead atoms. The van der Waals surface area contributed by atoms with E-state index in [0.717, 1.165) is 11.4 Å². The fourth-order valence-electron chi connectivity index (χ4n) is 4.75. The number of fused-ring (bicyclic) bond motifs is 2. The fourth-order valence-corrected chi connectivity index (χ4v) is 5.11. The number of allylic oxidation sites excluding steroid dienone is 2. The summed E-state index contributed by atoms with van der Waals surface area (Å²) in [5.74, 6) is 0. The highest BCUT2D eigenvalue weighted by molar-refractivity contribution is 14.1. The minimum absolute atomic E-state index is 1.13. The van der Waals surface area contributed by atoms with Crippen LogP contribution in [0.2, 0.25) is 0 Å². The predicted molar refractivity (Wildman–Crippen MR) is 119 cm³/mol. The summed E-state index contributed by atoms with van der Waals surface area (Å²) in [7, 11) is 3.47. The van der Waals surface area contributed by atoms with E-state index in [9.17, 15) is 0 Å². The Kier molecular flexibility index (Phi) is 4.48. The molecule has 4 rings (SSSR count). The standard InChI is InChI=1S/C21H24BIN2O2/c1-13-11-15(3)24-20(13)19(17-7-9-18(23)10-8-17)21-14(2)12-16(4)25(21)22(24,26-5)27-6/h7-12H,1-6H3. The third-order valence-corrected chi connectivity index (χ3v) is 6.43.